The summed E-state index contributed by atoms with van der Waals surface area (Å²) < 4.78 is 7.66. The smallest absolute Gasteiger partial charge is 0.191 e. The summed E-state index contributed by atoms with van der Waals surface area (Å²) in [4.78, 5) is 4.59. The third kappa shape index (κ3) is 5.00. The molecule has 7 heteroatoms. The molecule has 0 spiro atoms. The van der Waals surface area contributed by atoms with Crippen LogP contribution in [0, 0.1) is 0 Å². The number of hydrogen-bond acceptors (Lipinski definition) is 4. The molecule has 1 aromatic rings. The van der Waals surface area contributed by atoms with E-state index in [0.29, 0.717) is 0 Å². The van der Waals surface area contributed by atoms with Gasteiger partial charge in [0.15, 0.2) is 5.96 Å². The number of aryl methyl sites for hydroxylation is 1. The number of guanidine groups is 1. The summed E-state index contributed by atoms with van der Waals surface area (Å²) >= 11 is 0. The molecule has 2 N–H and O–H groups in total. The van der Waals surface area contributed by atoms with Gasteiger partial charge in [-0.2, -0.15) is 0 Å². The Labute approximate surface area is 126 Å². The van der Waals surface area contributed by atoms with Gasteiger partial charge < -0.3 is 19.9 Å². The number of ether oxygens (including phenoxy) is 1. The highest BCUT2D eigenvalue weighted by molar-refractivity contribution is 5.79. The zero-order valence-corrected chi connectivity index (χ0v) is 13.0. The number of nitrogens with one attached hydrogen (secondary N) is 2. The first-order valence-electron chi connectivity index (χ1n) is 7.84. The minimum atomic E-state index is 0.282. The number of hydrogen-bond donors (Lipinski definition) is 2. The average Bonchev–Trinajstić information content (AvgIpc) is 3.16. The minimum absolute atomic E-state index is 0.282. The van der Waals surface area contributed by atoms with Crippen LogP contribution < -0.4 is 10.6 Å². The highest BCUT2D eigenvalue weighted by atomic mass is 16.5. The number of aliphatic imine (C=N–C) groups is 1. The van der Waals surface area contributed by atoms with Gasteiger partial charge in [-0.15, -0.1) is 10.2 Å². The monoisotopic (exact) mass is 294 g/mol. The van der Waals surface area contributed by atoms with Crippen LogP contribution in [0.1, 0.15) is 32.5 Å². The van der Waals surface area contributed by atoms with Crippen LogP contribution in [0.2, 0.25) is 0 Å². The third-order valence-corrected chi connectivity index (χ3v) is 3.48. The SMILES string of the molecule is CCNC(=NCC1CCCO1)NCCn1cnnc1CC. The van der Waals surface area contributed by atoms with Crippen molar-refractivity contribution in [2.45, 2.75) is 45.8 Å². The molecule has 0 radical (unpaired) electrons. The van der Waals surface area contributed by atoms with Gasteiger partial charge in [0.1, 0.15) is 12.2 Å². The Morgan fingerprint density at radius 3 is 3.10 bits per heavy atom. The molecular formula is C14H26N6O. The second-order valence-corrected chi connectivity index (χ2v) is 5.08. The molecule has 0 aromatic carbocycles. The maximum atomic E-state index is 5.59. The summed E-state index contributed by atoms with van der Waals surface area (Å²) in [6.45, 7) is 8.23. The van der Waals surface area contributed by atoms with Gasteiger partial charge in [-0.05, 0) is 19.8 Å². The predicted octanol–water partition coefficient (Wildman–Crippen LogP) is 0.575. The molecule has 1 aliphatic rings. The third-order valence-electron chi connectivity index (χ3n) is 3.48. The molecular weight excluding hydrogens is 268 g/mol. The summed E-state index contributed by atoms with van der Waals surface area (Å²) in [5.74, 6) is 1.86. The molecule has 0 bridgehead atoms. The van der Waals surface area contributed by atoms with E-state index in [0.717, 1.165) is 63.8 Å². The van der Waals surface area contributed by atoms with Crippen molar-refractivity contribution in [3.63, 3.8) is 0 Å². The van der Waals surface area contributed by atoms with Gasteiger partial charge in [0.05, 0.1) is 12.6 Å². The van der Waals surface area contributed by atoms with E-state index in [9.17, 15) is 0 Å². The fourth-order valence-electron chi connectivity index (χ4n) is 2.36. The molecule has 7 nitrogen and oxygen atoms in total. The Morgan fingerprint density at radius 2 is 2.38 bits per heavy atom. The van der Waals surface area contributed by atoms with Crippen molar-refractivity contribution < 1.29 is 4.74 Å². The molecule has 1 aliphatic heterocycles. The summed E-state index contributed by atoms with van der Waals surface area (Å²) in [5.41, 5.74) is 0. The zero-order valence-electron chi connectivity index (χ0n) is 13.0. The van der Waals surface area contributed by atoms with Gasteiger partial charge in [-0.25, -0.2) is 0 Å². The maximum absolute atomic E-state index is 5.59. The molecule has 1 atom stereocenters. The summed E-state index contributed by atoms with van der Waals surface area (Å²) in [6, 6.07) is 0. The van der Waals surface area contributed by atoms with Gasteiger partial charge in [-0.1, -0.05) is 6.92 Å². The van der Waals surface area contributed by atoms with Crippen molar-refractivity contribution in [3.05, 3.63) is 12.2 Å². The Balaban J connectivity index is 1.77. The lowest BCUT2D eigenvalue weighted by molar-refractivity contribution is 0.117. The highest BCUT2D eigenvalue weighted by Gasteiger charge is 2.14. The van der Waals surface area contributed by atoms with E-state index in [-0.39, 0.29) is 6.10 Å². The Bertz CT molecular complexity index is 438. The lowest BCUT2D eigenvalue weighted by atomic mass is 10.2. The van der Waals surface area contributed by atoms with Crippen molar-refractivity contribution >= 4 is 5.96 Å². The molecule has 0 aliphatic carbocycles. The fraction of sp³-hybridized carbons (Fsp3) is 0.786. The van der Waals surface area contributed by atoms with Crippen LogP contribution in [0.25, 0.3) is 0 Å². The van der Waals surface area contributed by atoms with E-state index >= 15 is 0 Å². The van der Waals surface area contributed by atoms with E-state index in [1.165, 1.54) is 0 Å². The molecule has 1 fully saturated rings. The summed E-state index contributed by atoms with van der Waals surface area (Å²) in [5, 5.41) is 14.6. The number of rotatable bonds is 7. The first-order chi connectivity index (χ1) is 10.3. The highest BCUT2D eigenvalue weighted by Crippen LogP contribution is 2.11. The quantitative estimate of drug-likeness (QED) is 0.568. The molecule has 1 aromatic heterocycles. The molecule has 1 unspecified atom stereocenters. The minimum Gasteiger partial charge on any atom is -0.376 e. The molecule has 21 heavy (non-hydrogen) atoms. The van der Waals surface area contributed by atoms with Crippen molar-refractivity contribution in [2.24, 2.45) is 4.99 Å². The number of nitrogens with zero attached hydrogens (tertiary/aromatic N) is 4. The Morgan fingerprint density at radius 1 is 1.48 bits per heavy atom. The second kappa shape index (κ2) is 8.61. The van der Waals surface area contributed by atoms with Crippen LogP contribution in [0.4, 0.5) is 0 Å². The van der Waals surface area contributed by atoms with Crippen LogP contribution in [0.3, 0.4) is 0 Å². The molecule has 0 saturated carbocycles. The van der Waals surface area contributed by atoms with Gasteiger partial charge >= 0.3 is 0 Å². The largest absolute Gasteiger partial charge is 0.376 e. The van der Waals surface area contributed by atoms with Crippen LogP contribution in [-0.2, 0) is 17.7 Å². The Hall–Kier alpha value is -1.63. The van der Waals surface area contributed by atoms with Gasteiger partial charge in [0.2, 0.25) is 0 Å². The Kier molecular flexibility index (Phi) is 6.46. The van der Waals surface area contributed by atoms with Crippen LogP contribution >= 0.6 is 0 Å². The fourth-order valence-corrected chi connectivity index (χ4v) is 2.36. The lowest BCUT2D eigenvalue weighted by Gasteiger charge is -2.13. The van der Waals surface area contributed by atoms with Crippen LogP contribution in [0.5, 0.6) is 0 Å². The van der Waals surface area contributed by atoms with E-state index in [4.69, 9.17) is 4.74 Å². The lowest BCUT2D eigenvalue weighted by Crippen LogP contribution is -2.39. The topological polar surface area (TPSA) is 76.4 Å². The first kappa shape index (κ1) is 15.8. The molecule has 0 amide bonds. The zero-order chi connectivity index (χ0) is 14.9. The maximum Gasteiger partial charge on any atom is 0.191 e. The second-order valence-electron chi connectivity index (χ2n) is 5.08. The van der Waals surface area contributed by atoms with Gasteiger partial charge in [0.25, 0.3) is 0 Å². The van der Waals surface area contributed by atoms with Gasteiger partial charge in [-0.3, -0.25) is 4.99 Å². The standard InChI is InChI=1S/C14H26N6O/c1-3-13-19-18-11-20(13)8-7-16-14(15-4-2)17-10-12-6-5-9-21-12/h11-12H,3-10H2,1-2H3,(H2,15,16,17). The molecule has 2 rings (SSSR count). The summed E-state index contributed by atoms with van der Waals surface area (Å²) in [7, 11) is 0. The normalized spacial score (nSPS) is 19.0. The predicted molar refractivity (Wildman–Crippen MR) is 82.4 cm³/mol. The first-order valence-corrected chi connectivity index (χ1v) is 7.84. The molecule has 118 valence electrons. The van der Waals surface area contributed by atoms with E-state index in [2.05, 4.69) is 44.2 Å². The molecule has 1 saturated heterocycles. The average molecular weight is 294 g/mol. The van der Waals surface area contributed by atoms with E-state index < -0.39 is 0 Å². The van der Waals surface area contributed by atoms with E-state index in [1.807, 2.05) is 0 Å². The summed E-state index contributed by atoms with van der Waals surface area (Å²) in [6.07, 6.45) is 5.22. The van der Waals surface area contributed by atoms with Gasteiger partial charge in [0, 0.05) is 32.7 Å². The van der Waals surface area contributed by atoms with Crippen molar-refractivity contribution in [1.29, 1.82) is 0 Å². The van der Waals surface area contributed by atoms with Crippen molar-refractivity contribution in [3.8, 4) is 0 Å². The van der Waals surface area contributed by atoms with Crippen molar-refractivity contribution in [1.82, 2.24) is 25.4 Å². The van der Waals surface area contributed by atoms with Crippen molar-refractivity contribution in [2.75, 3.05) is 26.2 Å². The van der Waals surface area contributed by atoms with Crippen LogP contribution in [0.15, 0.2) is 11.3 Å². The molecule has 2 heterocycles. The van der Waals surface area contributed by atoms with E-state index in [1.54, 1.807) is 6.33 Å². The number of aromatic nitrogens is 3. The van der Waals surface area contributed by atoms with Crippen LogP contribution in [-0.4, -0.2) is 53.1 Å².